The first-order valence-electron chi connectivity index (χ1n) is 11.0. The maximum Gasteiger partial charge on any atom is 0.245 e. The lowest BCUT2D eigenvalue weighted by molar-refractivity contribution is -0.135. The average molecular weight is 446 g/mol. The Bertz CT molecular complexity index is 1190. The fourth-order valence-electron chi connectivity index (χ4n) is 4.36. The van der Waals surface area contributed by atoms with Gasteiger partial charge in [-0.2, -0.15) is 0 Å². The third-order valence-corrected chi connectivity index (χ3v) is 5.94. The van der Waals surface area contributed by atoms with E-state index in [1.54, 1.807) is 35.5 Å². The Morgan fingerprint density at radius 3 is 2.73 bits per heavy atom. The zero-order chi connectivity index (χ0) is 22.8. The lowest BCUT2D eigenvalue weighted by Gasteiger charge is -2.27. The summed E-state index contributed by atoms with van der Waals surface area (Å²) >= 11 is 0. The van der Waals surface area contributed by atoms with Crippen LogP contribution < -0.4 is 10.6 Å². The van der Waals surface area contributed by atoms with Crippen molar-refractivity contribution in [3.63, 3.8) is 0 Å². The van der Waals surface area contributed by atoms with E-state index in [1.807, 2.05) is 12.1 Å². The molecule has 2 N–H and O–H groups in total. The molecule has 0 spiro atoms. The number of rotatable bonds is 5. The van der Waals surface area contributed by atoms with Gasteiger partial charge in [-0.3, -0.25) is 14.6 Å². The number of halogens is 1. The summed E-state index contributed by atoms with van der Waals surface area (Å²) in [5.41, 5.74) is 2.10. The Balaban J connectivity index is 1.50. The first-order valence-corrected chi connectivity index (χ1v) is 11.0. The SMILES string of the molecule is O=C1CCC(C(=O)N2CCCC2c2nc(Nc3cccc(F)c3)cc(-c3ccncc3)n2)N1. The summed E-state index contributed by atoms with van der Waals surface area (Å²) in [6.07, 6.45) is 5.80. The summed E-state index contributed by atoms with van der Waals surface area (Å²) in [7, 11) is 0. The minimum absolute atomic E-state index is 0.0957. The van der Waals surface area contributed by atoms with E-state index in [0.29, 0.717) is 42.4 Å². The van der Waals surface area contributed by atoms with Crippen LogP contribution in [0.5, 0.6) is 0 Å². The normalized spacial score (nSPS) is 20.0. The van der Waals surface area contributed by atoms with Crippen LogP contribution in [0.3, 0.4) is 0 Å². The van der Waals surface area contributed by atoms with Crippen LogP contribution in [0.1, 0.15) is 37.5 Å². The van der Waals surface area contributed by atoms with Crippen molar-refractivity contribution in [1.29, 1.82) is 0 Å². The molecule has 0 bridgehead atoms. The number of carbonyl (C=O) groups excluding carboxylic acids is 2. The number of hydrogen-bond acceptors (Lipinski definition) is 6. The molecule has 0 radical (unpaired) electrons. The second-order valence-electron chi connectivity index (χ2n) is 8.22. The summed E-state index contributed by atoms with van der Waals surface area (Å²) < 4.78 is 13.7. The molecular formula is C24H23FN6O2. The van der Waals surface area contributed by atoms with Crippen LogP contribution in [0.4, 0.5) is 15.9 Å². The van der Waals surface area contributed by atoms with E-state index in [4.69, 9.17) is 9.97 Å². The van der Waals surface area contributed by atoms with Gasteiger partial charge in [-0.25, -0.2) is 14.4 Å². The quantitative estimate of drug-likeness (QED) is 0.623. The predicted molar refractivity (Wildman–Crippen MR) is 120 cm³/mol. The summed E-state index contributed by atoms with van der Waals surface area (Å²) in [4.78, 5) is 40.1. The molecule has 2 aromatic heterocycles. The molecule has 2 atom stereocenters. The highest BCUT2D eigenvalue weighted by Crippen LogP contribution is 2.33. The molecule has 0 aliphatic carbocycles. The van der Waals surface area contributed by atoms with Gasteiger partial charge in [0.2, 0.25) is 11.8 Å². The number of nitrogens with one attached hydrogen (secondary N) is 2. The number of carbonyl (C=O) groups is 2. The molecule has 2 aliphatic heterocycles. The summed E-state index contributed by atoms with van der Waals surface area (Å²) in [5.74, 6) is 0.474. The van der Waals surface area contributed by atoms with E-state index < -0.39 is 6.04 Å². The maximum atomic E-state index is 13.7. The van der Waals surface area contributed by atoms with E-state index in [1.165, 1.54) is 12.1 Å². The van der Waals surface area contributed by atoms with Crippen LogP contribution in [0.25, 0.3) is 11.3 Å². The number of pyridine rings is 1. The van der Waals surface area contributed by atoms with Crippen molar-refractivity contribution in [1.82, 2.24) is 25.2 Å². The highest BCUT2D eigenvalue weighted by molar-refractivity contribution is 5.91. The van der Waals surface area contributed by atoms with Crippen molar-refractivity contribution in [2.24, 2.45) is 0 Å². The molecule has 2 amide bonds. The largest absolute Gasteiger partial charge is 0.344 e. The van der Waals surface area contributed by atoms with Gasteiger partial charge < -0.3 is 15.5 Å². The second-order valence-corrected chi connectivity index (χ2v) is 8.22. The zero-order valence-electron chi connectivity index (χ0n) is 17.9. The van der Waals surface area contributed by atoms with Gasteiger partial charge >= 0.3 is 0 Å². The number of benzene rings is 1. The van der Waals surface area contributed by atoms with E-state index >= 15 is 0 Å². The molecule has 2 saturated heterocycles. The molecule has 0 saturated carbocycles. The summed E-state index contributed by atoms with van der Waals surface area (Å²) in [5, 5.41) is 5.92. The molecule has 4 heterocycles. The molecule has 168 valence electrons. The molecule has 3 aromatic rings. The van der Waals surface area contributed by atoms with Crippen LogP contribution >= 0.6 is 0 Å². The number of aromatic nitrogens is 3. The molecule has 2 fully saturated rings. The lowest BCUT2D eigenvalue weighted by Crippen LogP contribution is -2.44. The molecular weight excluding hydrogens is 423 g/mol. The molecule has 2 unspecified atom stereocenters. The van der Waals surface area contributed by atoms with Crippen LogP contribution in [-0.4, -0.2) is 44.3 Å². The van der Waals surface area contributed by atoms with Crippen molar-refractivity contribution in [2.75, 3.05) is 11.9 Å². The van der Waals surface area contributed by atoms with Gasteiger partial charge in [0.05, 0.1) is 11.7 Å². The van der Waals surface area contributed by atoms with Crippen LogP contribution in [0, 0.1) is 5.82 Å². The van der Waals surface area contributed by atoms with Crippen LogP contribution in [0.15, 0.2) is 54.9 Å². The topological polar surface area (TPSA) is 100 Å². The molecule has 8 nitrogen and oxygen atoms in total. The predicted octanol–water partition coefficient (Wildman–Crippen LogP) is 3.36. The molecule has 2 aliphatic rings. The zero-order valence-corrected chi connectivity index (χ0v) is 17.9. The van der Waals surface area contributed by atoms with Gasteiger partial charge in [0.1, 0.15) is 17.7 Å². The van der Waals surface area contributed by atoms with Crippen molar-refractivity contribution in [3.8, 4) is 11.3 Å². The number of nitrogens with zero attached hydrogens (tertiary/aromatic N) is 4. The monoisotopic (exact) mass is 446 g/mol. The fourth-order valence-corrected chi connectivity index (χ4v) is 4.36. The Morgan fingerprint density at radius 2 is 1.97 bits per heavy atom. The molecule has 33 heavy (non-hydrogen) atoms. The summed E-state index contributed by atoms with van der Waals surface area (Å²) in [6, 6.07) is 10.8. The van der Waals surface area contributed by atoms with Gasteiger partial charge in [-0.05, 0) is 49.6 Å². The van der Waals surface area contributed by atoms with E-state index in [0.717, 1.165) is 18.4 Å². The number of likely N-dealkylation sites (tertiary alicyclic amines) is 1. The van der Waals surface area contributed by atoms with E-state index in [-0.39, 0.29) is 23.7 Å². The number of hydrogen-bond donors (Lipinski definition) is 2. The number of anilines is 2. The van der Waals surface area contributed by atoms with Crippen molar-refractivity contribution in [2.45, 2.75) is 37.8 Å². The van der Waals surface area contributed by atoms with Crippen molar-refractivity contribution < 1.29 is 14.0 Å². The Kier molecular flexibility index (Phi) is 5.68. The van der Waals surface area contributed by atoms with E-state index in [9.17, 15) is 14.0 Å². The highest BCUT2D eigenvalue weighted by Gasteiger charge is 2.38. The lowest BCUT2D eigenvalue weighted by atomic mass is 10.1. The van der Waals surface area contributed by atoms with Gasteiger partial charge in [0.25, 0.3) is 0 Å². The smallest absolute Gasteiger partial charge is 0.245 e. The van der Waals surface area contributed by atoms with Crippen molar-refractivity contribution >= 4 is 23.3 Å². The summed E-state index contributed by atoms with van der Waals surface area (Å²) in [6.45, 7) is 0.589. The standard InChI is InChI=1S/C24H23FN6O2/c25-16-3-1-4-17(13-16)27-21-14-19(15-8-10-26-11-9-15)29-23(30-21)20-5-2-12-31(20)24(33)18-6-7-22(32)28-18/h1,3-4,8-11,13-14,18,20H,2,5-7,12H2,(H,28,32)(H,27,29,30). The van der Waals surface area contributed by atoms with Gasteiger partial charge in [0, 0.05) is 42.7 Å². The minimum atomic E-state index is -0.494. The second kappa shape index (κ2) is 8.93. The third-order valence-electron chi connectivity index (χ3n) is 5.94. The average Bonchev–Trinajstić information content (AvgIpc) is 3.48. The molecule has 5 rings (SSSR count). The minimum Gasteiger partial charge on any atom is -0.344 e. The van der Waals surface area contributed by atoms with Crippen molar-refractivity contribution in [3.05, 3.63) is 66.5 Å². The Labute approximate surface area is 190 Å². The van der Waals surface area contributed by atoms with Crippen LogP contribution in [-0.2, 0) is 9.59 Å². The maximum absolute atomic E-state index is 13.7. The highest BCUT2D eigenvalue weighted by atomic mass is 19.1. The van der Waals surface area contributed by atoms with E-state index in [2.05, 4.69) is 15.6 Å². The Hall–Kier alpha value is -3.88. The van der Waals surface area contributed by atoms with Gasteiger partial charge in [-0.1, -0.05) is 6.07 Å². The fraction of sp³-hybridized carbons (Fsp3) is 0.292. The first-order chi connectivity index (χ1) is 16.1. The molecule has 1 aromatic carbocycles. The number of amides is 2. The van der Waals surface area contributed by atoms with Gasteiger partial charge in [0.15, 0.2) is 5.82 Å². The first kappa shape index (κ1) is 21.0. The van der Waals surface area contributed by atoms with Gasteiger partial charge in [-0.15, -0.1) is 0 Å². The third kappa shape index (κ3) is 4.52. The van der Waals surface area contributed by atoms with Crippen LogP contribution in [0.2, 0.25) is 0 Å². The Morgan fingerprint density at radius 1 is 1.12 bits per heavy atom. The molecule has 9 heteroatoms.